The smallest absolute Gasteiger partial charge is 0.414 e. The average molecular weight is 745 g/mol. The molecule has 4 aromatic rings. The number of ether oxygens (including phenoxy) is 1. The van der Waals surface area contributed by atoms with Gasteiger partial charge in [0.2, 0.25) is 0 Å². The number of aromatic nitrogens is 2. The van der Waals surface area contributed by atoms with Crippen LogP contribution in [0.25, 0.3) is 27.5 Å². The predicted octanol–water partition coefficient (Wildman–Crippen LogP) is 7.81. The molecular formula is C45H60N8O2. The number of nitrogens with zero attached hydrogens (tertiary/aromatic N) is 8. The van der Waals surface area contributed by atoms with Crippen molar-refractivity contribution in [2.75, 3.05) is 89.3 Å². The summed E-state index contributed by atoms with van der Waals surface area (Å²) in [5, 5.41) is 2.32. The van der Waals surface area contributed by atoms with Crippen LogP contribution in [0.5, 0.6) is 0 Å². The fourth-order valence-corrected chi connectivity index (χ4v) is 7.70. The number of carbonyl (C=O) groups is 1. The van der Waals surface area contributed by atoms with Crippen molar-refractivity contribution in [1.82, 2.24) is 24.7 Å². The molecule has 2 saturated heterocycles. The number of rotatable bonds is 4. The van der Waals surface area contributed by atoms with E-state index in [2.05, 4.69) is 114 Å². The molecule has 0 unspecified atom stereocenters. The predicted molar refractivity (Wildman–Crippen MR) is 227 cm³/mol. The molecule has 6 heterocycles. The molecule has 0 N–H and O–H groups in total. The molecule has 0 bridgehead atoms. The highest BCUT2D eigenvalue weighted by atomic mass is 16.6. The second-order valence-corrected chi connectivity index (χ2v) is 17.2. The number of piperazine rings is 2. The monoisotopic (exact) mass is 744 g/mol. The summed E-state index contributed by atoms with van der Waals surface area (Å²) in [6.07, 6.45) is 5.14. The topological polar surface area (TPSA) is 80.6 Å². The summed E-state index contributed by atoms with van der Waals surface area (Å²) in [6.45, 7) is 20.2. The largest absolute Gasteiger partial charge is 0.443 e. The minimum atomic E-state index is -0.523. The molecule has 55 heavy (non-hydrogen) atoms. The molecule has 10 heteroatoms. The van der Waals surface area contributed by atoms with Gasteiger partial charge in [-0.25, -0.2) is 14.8 Å². The van der Waals surface area contributed by atoms with Crippen molar-refractivity contribution in [3.8, 4) is 0 Å². The lowest BCUT2D eigenvalue weighted by atomic mass is 9.95. The van der Waals surface area contributed by atoms with Gasteiger partial charge in [0.05, 0.1) is 16.7 Å². The molecule has 4 aliphatic heterocycles. The van der Waals surface area contributed by atoms with E-state index in [0.717, 1.165) is 117 Å². The molecular weight excluding hydrogens is 685 g/mol. The van der Waals surface area contributed by atoms with Crippen molar-refractivity contribution in [3.63, 3.8) is 0 Å². The summed E-state index contributed by atoms with van der Waals surface area (Å²) in [4.78, 5) is 38.9. The van der Waals surface area contributed by atoms with Crippen LogP contribution in [-0.4, -0.2) is 122 Å². The number of fused-ring (bicyclic) bond motifs is 2. The van der Waals surface area contributed by atoms with Gasteiger partial charge in [0.15, 0.2) is 0 Å². The number of anilines is 2. The summed E-state index contributed by atoms with van der Waals surface area (Å²) in [7, 11) is 4.34. The van der Waals surface area contributed by atoms with Gasteiger partial charge in [-0.15, -0.1) is 0 Å². The molecule has 2 aromatic heterocycles. The van der Waals surface area contributed by atoms with Crippen LogP contribution in [0.2, 0.25) is 0 Å². The van der Waals surface area contributed by atoms with Crippen molar-refractivity contribution < 1.29 is 9.53 Å². The van der Waals surface area contributed by atoms with Crippen LogP contribution >= 0.6 is 0 Å². The van der Waals surface area contributed by atoms with E-state index in [-0.39, 0.29) is 6.09 Å². The van der Waals surface area contributed by atoms with Crippen LogP contribution in [-0.2, 0) is 4.74 Å². The van der Waals surface area contributed by atoms with E-state index in [9.17, 15) is 4.79 Å². The Balaban J connectivity index is 0.000000174. The Morgan fingerprint density at radius 2 is 1.24 bits per heavy atom. The number of amides is 1. The lowest BCUT2D eigenvalue weighted by molar-refractivity contribution is 0.0327. The standard InChI is InChI=1S/C25H34N4O2.C20H26N4/c1-18-6-10-22(29(17-18)24(30)31-25(2,3)4)20-8-7-19-9-11-23(26-21(19)16-20)28-14-12-27(5)13-15-28;1-15-3-7-18(21-14-15)17-5-4-16-6-8-20(22-19(16)13-17)24-11-9-23(2)10-12-24/h7-11,16,18H,6,12-15,17H2,1-5H3;4-6,8,13,15H,3,7,9-12,14H2,1-2H3/t18-;15-/m00/s1. The first-order chi connectivity index (χ1) is 26.4. The maximum absolute atomic E-state index is 12.9. The van der Waals surface area contributed by atoms with Gasteiger partial charge in [-0.2, -0.15) is 0 Å². The summed E-state index contributed by atoms with van der Waals surface area (Å²) in [6, 6.07) is 21.5. The van der Waals surface area contributed by atoms with Crippen molar-refractivity contribution in [2.24, 2.45) is 16.8 Å². The Bertz CT molecular complexity index is 2040. The zero-order valence-electron chi connectivity index (χ0n) is 34.1. The first-order valence-electron chi connectivity index (χ1n) is 20.3. The molecule has 2 atom stereocenters. The number of hydrogen-bond donors (Lipinski definition) is 0. The van der Waals surface area contributed by atoms with Crippen LogP contribution in [0.3, 0.4) is 0 Å². The van der Waals surface area contributed by atoms with E-state index in [4.69, 9.17) is 19.7 Å². The number of aliphatic imine (C=N–C) groups is 1. The minimum absolute atomic E-state index is 0.287. The number of allylic oxidation sites excluding steroid dienone is 1. The normalized spacial score (nSPS) is 21.5. The van der Waals surface area contributed by atoms with E-state index in [1.54, 1.807) is 4.90 Å². The molecule has 10 nitrogen and oxygen atoms in total. The van der Waals surface area contributed by atoms with Crippen molar-refractivity contribution in [2.45, 2.75) is 59.5 Å². The third kappa shape index (κ3) is 9.65. The Morgan fingerprint density at radius 1 is 0.709 bits per heavy atom. The molecule has 0 saturated carbocycles. The number of benzene rings is 2. The second kappa shape index (κ2) is 16.7. The summed E-state index contributed by atoms with van der Waals surface area (Å²) in [5.41, 5.74) is 5.95. The van der Waals surface area contributed by atoms with Crippen LogP contribution in [0.4, 0.5) is 16.4 Å². The van der Waals surface area contributed by atoms with Gasteiger partial charge in [0.25, 0.3) is 0 Å². The summed E-state index contributed by atoms with van der Waals surface area (Å²) in [5.74, 6) is 3.25. The SMILES string of the molecule is C[C@H]1CC=C(c2ccc3ccc(N4CCN(C)CC4)nc3c2)N(C(=O)OC(C)(C)C)C1.C[C@H]1CCC(c2ccc3ccc(N4CCN(C)CC4)nc3c2)=NC1. The van der Waals surface area contributed by atoms with Crippen LogP contribution in [0, 0.1) is 11.8 Å². The highest BCUT2D eigenvalue weighted by molar-refractivity contribution is 6.03. The second-order valence-electron chi connectivity index (χ2n) is 17.2. The van der Waals surface area contributed by atoms with E-state index >= 15 is 0 Å². The van der Waals surface area contributed by atoms with Crippen LogP contribution < -0.4 is 9.80 Å². The molecule has 0 radical (unpaired) electrons. The Kier molecular flexibility index (Phi) is 11.7. The van der Waals surface area contributed by atoms with E-state index in [0.29, 0.717) is 12.5 Å². The third-order valence-electron chi connectivity index (χ3n) is 11.2. The Morgan fingerprint density at radius 3 is 1.76 bits per heavy atom. The zero-order valence-corrected chi connectivity index (χ0v) is 34.1. The van der Waals surface area contributed by atoms with Gasteiger partial charge in [-0.1, -0.05) is 44.2 Å². The van der Waals surface area contributed by atoms with Gasteiger partial charge in [0, 0.05) is 87.5 Å². The van der Waals surface area contributed by atoms with Crippen LogP contribution in [0.15, 0.2) is 71.7 Å². The maximum atomic E-state index is 12.9. The van der Waals surface area contributed by atoms with Crippen LogP contribution in [0.1, 0.15) is 65.0 Å². The lowest BCUT2D eigenvalue weighted by Gasteiger charge is -2.34. The van der Waals surface area contributed by atoms with Gasteiger partial charge >= 0.3 is 6.09 Å². The number of carbonyl (C=O) groups excluding carboxylic acids is 1. The fraction of sp³-hybridized carbons (Fsp3) is 0.511. The molecule has 8 rings (SSSR count). The van der Waals surface area contributed by atoms with E-state index < -0.39 is 5.60 Å². The Hall–Kier alpha value is -4.54. The number of hydrogen-bond acceptors (Lipinski definition) is 9. The first kappa shape index (κ1) is 38.7. The minimum Gasteiger partial charge on any atom is -0.443 e. The first-order valence-corrected chi connectivity index (χ1v) is 20.3. The number of pyridine rings is 2. The van der Waals surface area contributed by atoms with Crippen molar-refractivity contribution in [3.05, 3.63) is 77.9 Å². The quantitative estimate of drug-likeness (QED) is 0.210. The summed E-state index contributed by atoms with van der Waals surface area (Å²) < 4.78 is 5.69. The molecule has 0 spiro atoms. The van der Waals surface area contributed by atoms with Gasteiger partial charge < -0.3 is 24.3 Å². The molecule has 1 amide bonds. The van der Waals surface area contributed by atoms with E-state index in [1.807, 2.05) is 20.8 Å². The Labute approximate surface area is 327 Å². The molecule has 0 aliphatic carbocycles. The molecule has 2 fully saturated rings. The highest BCUT2D eigenvalue weighted by Crippen LogP contribution is 2.32. The molecule has 292 valence electrons. The van der Waals surface area contributed by atoms with Crippen molar-refractivity contribution >= 4 is 50.9 Å². The average Bonchev–Trinajstić information content (AvgIpc) is 3.17. The van der Waals surface area contributed by atoms with Gasteiger partial charge in [-0.3, -0.25) is 9.89 Å². The van der Waals surface area contributed by atoms with Crippen molar-refractivity contribution in [1.29, 1.82) is 0 Å². The lowest BCUT2D eigenvalue weighted by Crippen LogP contribution is -2.44. The van der Waals surface area contributed by atoms with E-state index in [1.165, 1.54) is 23.1 Å². The third-order valence-corrected chi connectivity index (χ3v) is 11.2. The van der Waals surface area contributed by atoms with Gasteiger partial charge in [0.1, 0.15) is 17.2 Å². The fourth-order valence-electron chi connectivity index (χ4n) is 7.70. The summed E-state index contributed by atoms with van der Waals surface area (Å²) >= 11 is 0. The molecule has 4 aliphatic rings. The highest BCUT2D eigenvalue weighted by Gasteiger charge is 2.29. The molecule has 2 aromatic carbocycles. The van der Waals surface area contributed by atoms with Gasteiger partial charge in [-0.05, 0) is 108 Å². The number of likely N-dealkylation sites (N-methyl/N-ethyl adjacent to an activating group) is 2. The zero-order chi connectivity index (χ0) is 38.7. The maximum Gasteiger partial charge on any atom is 0.414 e.